The van der Waals surface area contributed by atoms with Crippen LogP contribution in [-0.4, -0.2) is 35.0 Å². The molecule has 18 heavy (non-hydrogen) atoms. The molecule has 4 nitrogen and oxygen atoms in total. The molecule has 0 fully saturated rings. The third kappa shape index (κ3) is 5.02. The quantitative estimate of drug-likeness (QED) is 0.588. The lowest BCUT2D eigenvalue weighted by Gasteiger charge is -2.25. The fourth-order valence-corrected chi connectivity index (χ4v) is 1.77. The van der Waals surface area contributed by atoms with E-state index in [1.54, 1.807) is 13.1 Å². The Balaban J connectivity index is 2.66. The van der Waals surface area contributed by atoms with Crippen LogP contribution in [0.3, 0.4) is 0 Å². The van der Waals surface area contributed by atoms with Gasteiger partial charge in [0.1, 0.15) is 5.15 Å². The van der Waals surface area contributed by atoms with Crippen LogP contribution in [0.1, 0.15) is 26.3 Å². The average molecular weight is 271 g/mol. The Hall–Kier alpha value is -1.13. The highest BCUT2D eigenvalue weighted by Crippen LogP contribution is 2.11. The Bertz CT molecular complexity index is 396. The Morgan fingerprint density at radius 2 is 2.28 bits per heavy atom. The van der Waals surface area contributed by atoms with Crippen molar-refractivity contribution in [2.45, 2.75) is 33.4 Å². The highest BCUT2D eigenvalue weighted by atomic mass is 35.5. The molecule has 0 aromatic carbocycles. The number of nitrogens with zero attached hydrogens (tertiary/aromatic N) is 2. The van der Waals surface area contributed by atoms with Gasteiger partial charge in [-0.2, -0.15) is 0 Å². The summed E-state index contributed by atoms with van der Waals surface area (Å²) in [4.78, 5) is 17.5. The first-order valence-corrected chi connectivity index (χ1v) is 6.40. The van der Waals surface area contributed by atoms with Crippen LogP contribution in [0.4, 0.5) is 0 Å². The minimum Gasteiger partial charge on any atom is -0.465 e. The largest absolute Gasteiger partial charge is 0.465 e. The SMILES string of the molecule is CCOC(=O)CN(Cc1ccnc(Cl)c1)C(C)C. The van der Waals surface area contributed by atoms with E-state index in [1.807, 2.05) is 30.9 Å². The number of halogens is 1. The van der Waals surface area contributed by atoms with E-state index < -0.39 is 0 Å². The number of aromatic nitrogens is 1. The molecule has 0 atom stereocenters. The first-order valence-electron chi connectivity index (χ1n) is 6.03. The zero-order valence-electron chi connectivity index (χ0n) is 11.0. The zero-order valence-corrected chi connectivity index (χ0v) is 11.8. The van der Waals surface area contributed by atoms with Gasteiger partial charge >= 0.3 is 5.97 Å². The summed E-state index contributed by atoms with van der Waals surface area (Å²) >= 11 is 5.84. The van der Waals surface area contributed by atoms with Crippen LogP contribution >= 0.6 is 11.6 Å². The van der Waals surface area contributed by atoms with Crippen LogP contribution in [0.2, 0.25) is 5.15 Å². The lowest BCUT2D eigenvalue weighted by Crippen LogP contribution is -2.36. The third-order valence-corrected chi connectivity index (χ3v) is 2.75. The van der Waals surface area contributed by atoms with E-state index >= 15 is 0 Å². The molecule has 0 saturated heterocycles. The summed E-state index contributed by atoms with van der Waals surface area (Å²) in [6.45, 7) is 7.24. The van der Waals surface area contributed by atoms with E-state index in [0.29, 0.717) is 18.3 Å². The van der Waals surface area contributed by atoms with E-state index in [-0.39, 0.29) is 18.6 Å². The molecule has 0 bridgehead atoms. The molecule has 0 amide bonds. The van der Waals surface area contributed by atoms with Gasteiger partial charge in [-0.3, -0.25) is 9.69 Å². The second kappa shape index (κ2) is 7.34. The van der Waals surface area contributed by atoms with Gasteiger partial charge in [0.05, 0.1) is 13.2 Å². The number of rotatable bonds is 6. The first-order chi connectivity index (χ1) is 8.52. The van der Waals surface area contributed by atoms with Gasteiger partial charge in [0.15, 0.2) is 0 Å². The van der Waals surface area contributed by atoms with E-state index in [9.17, 15) is 4.79 Å². The van der Waals surface area contributed by atoms with Crippen molar-refractivity contribution in [1.29, 1.82) is 0 Å². The molecular weight excluding hydrogens is 252 g/mol. The third-order valence-electron chi connectivity index (χ3n) is 2.54. The summed E-state index contributed by atoms with van der Waals surface area (Å²) in [6, 6.07) is 3.95. The molecule has 100 valence electrons. The van der Waals surface area contributed by atoms with Crippen molar-refractivity contribution in [2.75, 3.05) is 13.2 Å². The Kier molecular flexibility index (Phi) is 6.09. The van der Waals surface area contributed by atoms with E-state index in [1.165, 1.54) is 0 Å². The molecule has 0 spiro atoms. The van der Waals surface area contributed by atoms with Crippen LogP contribution in [0.25, 0.3) is 0 Å². The molecule has 5 heteroatoms. The predicted molar refractivity (Wildman–Crippen MR) is 71.4 cm³/mol. The number of hydrogen-bond acceptors (Lipinski definition) is 4. The van der Waals surface area contributed by atoms with E-state index in [4.69, 9.17) is 16.3 Å². The van der Waals surface area contributed by atoms with Crippen LogP contribution < -0.4 is 0 Å². The summed E-state index contributed by atoms with van der Waals surface area (Å²) in [7, 11) is 0. The number of carbonyl (C=O) groups is 1. The van der Waals surface area contributed by atoms with Crippen molar-refractivity contribution in [3.8, 4) is 0 Å². The maximum Gasteiger partial charge on any atom is 0.320 e. The maximum absolute atomic E-state index is 11.5. The number of ether oxygens (including phenoxy) is 1. The molecule has 0 saturated carbocycles. The van der Waals surface area contributed by atoms with E-state index in [0.717, 1.165) is 5.56 Å². The fraction of sp³-hybridized carbons (Fsp3) is 0.538. The molecule has 1 aromatic rings. The molecule has 1 rings (SSSR count). The second-order valence-electron chi connectivity index (χ2n) is 4.29. The van der Waals surface area contributed by atoms with Gasteiger partial charge in [0, 0.05) is 18.8 Å². The highest BCUT2D eigenvalue weighted by molar-refractivity contribution is 6.29. The maximum atomic E-state index is 11.5. The first kappa shape index (κ1) is 14.9. The van der Waals surface area contributed by atoms with Crippen LogP contribution in [0.5, 0.6) is 0 Å². The van der Waals surface area contributed by atoms with Gasteiger partial charge in [-0.15, -0.1) is 0 Å². The topological polar surface area (TPSA) is 42.4 Å². The standard InChI is InChI=1S/C13H19ClN2O2/c1-4-18-13(17)9-16(10(2)3)8-11-5-6-15-12(14)7-11/h5-7,10H,4,8-9H2,1-3H3. The minimum absolute atomic E-state index is 0.202. The summed E-state index contributed by atoms with van der Waals surface area (Å²) in [5, 5.41) is 0.465. The zero-order chi connectivity index (χ0) is 13.5. The summed E-state index contributed by atoms with van der Waals surface area (Å²) in [5.74, 6) is -0.202. The summed E-state index contributed by atoms with van der Waals surface area (Å²) in [5.41, 5.74) is 1.04. The molecule has 0 aliphatic heterocycles. The van der Waals surface area contributed by atoms with Crippen molar-refractivity contribution in [1.82, 2.24) is 9.88 Å². The average Bonchev–Trinajstić information content (AvgIpc) is 2.28. The van der Waals surface area contributed by atoms with Crippen molar-refractivity contribution >= 4 is 17.6 Å². The normalized spacial score (nSPS) is 11.0. The number of hydrogen-bond donors (Lipinski definition) is 0. The Labute approximate surface area is 113 Å². The van der Waals surface area contributed by atoms with Crippen LogP contribution in [0.15, 0.2) is 18.3 Å². The fourth-order valence-electron chi connectivity index (χ4n) is 1.57. The monoisotopic (exact) mass is 270 g/mol. The molecule has 0 radical (unpaired) electrons. The second-order valence-corrected chi connectivity index (χ2v) is 4.68. The number of esters is 1. The molecular formula is C13H19ClN2O2. The molecule has 0 unspecified atom stereocenters. The summed E-state index contributed by atoms with van der Waals surface area (Å²) in [6.07, 6.45) is 1.67. The van der Waals surface area contributed by atoms with Crippen molar-refractivity contribution < 1.29 is 9.53 Å². The Morgan fingerprint density at radius 1 is 1.56 bits per heavy atom. The predicted octanol–water partition coefficient (Wildman–Crippen LogP) is 2.51. The Morgan fingerprint density at radius 3 is 2.83 bits per heavy atom. The molecule has 1 heterocycles. The van der Waals surface area contributed by atoms with Crippen LogP contribution in [0, 0.1) is 0 Å². The summed E-state index contributed by atoms with van der Waals surface area (Å²) < 4.78 is 4.96. The van der Waals surface area contributed by atoms with Gasteiger partial charge < -0.3 is 4.74 Å². The van der Waals surface area contributed by atoms with Gasteiger partial charge in [0.25, 0.3) is 0 Å². The lowest BCUT2D eigenvalue weighted by molar-refractivity contribution is -0.145. The van der Waals surface area contributed by atoms with Gasteiger partial charge in [-0.25, -0.2) is 4.98 Å². The lowest BCUT2D eigenvalue weighted by atomic mass is 10.2. The van der Waals surface area contributed by atoms with Gasteiger partial charge in [0.2, 0.25) is 0 Å². The number of carbonyl (C=O) groups excluding carboxylic acids is 1. The molecule has 0 N–H and O–H groups in total. The highest BCUT2D eigenvalue weighted by Gasteiger charge is 2.15. The number of pyridine rings is 1. The van der Waals surface area contributed by atoms with E-state index in [2.05, 4.69) is 4.98 Å². The van der Waals surface area contributed by atoms with Gasteiger partial charge in [-0.05, 0) is 38.5 Å². The minimum atomic E-state index is -0.202. The molecule has 0 aliphatic carbocycles. The smallest absolute Gasteiger partial charge is 0.320 e. The van der Waals surface area contributed by atoms with Crippen molar-refractivity contribution in [3.63, 3.8) is 0 Å². The van der Waals surface area contributed by atoms with Crippen molar-refractivity contribution in [2.24, 2.45) is 0 Å². The van der Waals surface area contributed by atoms with Crippen molar-refractivity contribution in [3.05, 3.63) is 29.0 Å². The molecule has 0 aliphatic rings. The molecule has 1 aromatic heterocycles. The van der Waals surface area contributed by atoms with Gasteiger partial charge in [-0.1, -0.05) is 11.6 Å². The van der Waals surface area contributed by atoms with Crippen LogP contribution in [-0.2, 0) is 16.1 Å².